The van der Waals surface area contributed by atoms with E-state index in [1.807, 2.05) is 30.3 Å². The highest BCUT2D eigenvalue weighted by molar-refractivity contribution is 7.80. The van der Waals surface area contributed by atoms with Crippen LogP contribution in [0.5, 0.6) is 11.6 Å². The molecular formula is C20H27N5O2S. The van der Waals surface area contributed by atoms with Gasteiger partial charge in [-0.2, -0.15) is 9.97 Å². The van der Waals surface area contributed by atoms with Crippen LogP contribution >= 0.6 is 12.2 Å². The molecule has 28 heavy (non-hydrogen) atoms. The summed E-state index contributed by atoms with van der Waals surface area (Å²) in [5.41, 5.74) is 1.10. The Hall–Kier alpha value is -2.61. The topological polar surface area (TPSA) is 71.5 Å². The SMILES string of the molecule is COc1ccc(CNC(=S)Nc2nc(OC)cc(N3CCCC[C@H]3C)n2)cc1. The zero-order chi connectivity index (χ0) is 19.9. The van der Waals surface area contributed by atoms with Crippen molar-refractivity contribution < 1.29 is 9.47 Å². The number of ether oxygens (including phenoxy) is 2. The van der Waals surface area contributed by atoms with Gasteiger partial charge in [-0.05, 0) is 56.1 Å². The summed E-state index contributed by atoms with van der Waals surface area (Å²) in [6.07, 6.45) is 3.59. The first kappa shape index (κ1) is 20.1. The number of aromatic nitrogens is 2. The average molecular weight is 402 g/mol. The Morgan fingerprint density at radius 2 is 1.96 bits per heavy atom. The summed E-state index contributed by atoms with van der Waals surface area (Å²) in [6.45, 7) is 3.80. The summed E-state index contributed by atoms with van der Waals surface area (Å²) in [7, 11) is 3.26. The molecule has 7 nitrogen and oxygen atoms in total. The maximum atomic E-state index is 5.40. The molecule has 0 aliphatic carbocycles. The van der Waals surface area contributed by atoms with Crippen LogP contribution < -0.4 is 25.0 Å². The summed E-state index contributed by atoms with van der Waals surface area (Å²) in [5.74, 6) is 2.63. The normalized spacial score (nSPS) is 16.4. The minimum atomic E-state index is 0.430. The van der Waals surface area contributed by atoms with E-state index >= 15 is 0 Å². The van der Waals surface area contributed by atoms with Crippen LogP contribution in [0, 0.1) is 0 Å². The molecule has 0 bridgehead atoms. The first-order valence-electron chi connectivity index (χ1n) is 9.46. The smallest absolute Gasteiger partial charge is 0.234 e. The number of rotatable bonds is 6. The molecule has 1 atom stereocenters. The highest BCUT2D eigenvalue weighted by atomic mass is 32.1. The van der Waals surface area contributed by atoms with Crippen LogP contribution in [0.25, 0.3) is 0 Å². The standard InChI is InChI=1S/C20H27N5O2S/c1-14-6-4-5-11-25(14)17-12-18(27-3)23-19(22-17)24-20(28)21-13-15-7-9-16(26-2)10-8-15/h7-10,12,14H,4-6,11,13H2,1-3H3,(H2,21,22,23,24,28)/t14-/m1/s1. The molecule has 3 rings (SSSR count). The number of nitrogens with one attached hydrogen (secondary N) is 2. The number of piperidine rings is 1. The maximum absolute atomic E-state index is 5.40. The number of anilines is 2. The fourth-order valence-corrected chi connectivity index (χ4v) is 3.39. The molecule has 1 aliphatic rings. The maximum Gasteiger partial charge on any atom is 0.234 e. The van der Waals surface area contributed by atoms with Crippen LogP contribution in [0.15, 0.2) is 30.3 Å². The molecule has 0 unspecified atom stereocenters. The predicted molar refractivity (Wildman–Crippen MR) is 115 cm³/mol. The van der Waals surface area contributed by atoms with E-state index in [9.17, 15) is 0 Å². The van der Waals surface area contributed by atoms with E-state index in [0.717, 1.165) is 30.1 Å². The third-order valence-electron chi connectivity index (χ3n) is 4.83. The molecule has 2 aromatic rings. The van der Waals surface area contributed by atoms with E-state index in [0.29, 0.717) is 29.5 Å². The van der Waals surface area contributed by atoms with Gasteiger partial charge in [-0.1, -0.05) is 12.1 Å². The number of nitrogens with zero attached hydrogens (tertiary/aromatic N) is 3. The van der Waals surface area contributed by atoms with Crippen molar-refractivity contribution in [2.75, 3.05) is 31.0 Å². The van der Waals surface area contributed by atoms with Gasteiger partial charge in [-0.3, -0.25) is 0 Å². The van der Waals surface area contributed by atoms with Gasteiger partial charge in [0.1, 0.15) is 11.6 Å². The van der Waals surface area contributed by atoms with E-state index in [-0.39, 0.29) is 0 Å². The third kappa shape index (κ3) is 5.22. The fourth-order valence-electron chi connectivity index (χ4n) is 3.23. The minimum absolute atomic E-state index is 0.430. The first-order chi connectivity index (χ1) is 13.6. The number of methoxy groups -OCH3 is 2. The Bertz CT molecular complexity index is 800. The van der Waals surface area contributed by atoms with E-state index in [1.54, 1.807) is 14.2 Å². The molecule has 0 spiro atoms. The van der Waals surface area contributed by atoms with Crippen molar-refractivity contribution >= 4 is 29.1 Å². The largest absolute Gasteiger partial charge is 0.497 e. The first-order valence-corrected chi connectivity index (χ1v) is 9.87. The monoisotopic (exact) mass is 401 g/mol. The van der Waals surface area contributed by atoms with Crippen LogP contribution in [0.4, 0.5) is 11.8 Å². The van der Waals surface area contributed by atoms with E-state index in [4.69, 9.17) is 21.7 Å². The molecule has 1 aromatic heterocycles. The number of hydrogen-bond acceptors (Lipinski definition) is 6. The molecule has 1 saturated heterocycles. The molecule has 2 heterocycles. The van der Waals surface area contributed by atoms with Gasteiger partial charge in [-0.15, -0.1) is 0 Å². The van der Waals surface area contributed by atoms with Gasteiger partial charge in [0.05, 0.1) is 14.2 Å². The second-order valence-corrected chi connectivity index (χ2v) is 7.19. The highest BCUT2D eigenvalue weighted by Crippen LogP contribution is 2.26. The van der Waals surface area contributed by atoms with Crippen LogP contribution in [0.3, 0.4) is 0 Å². The molecule has 1 aromatic carbocycles. The molecule has 1 aliphatic heterocycles. The van der Waals surface area contributed by atoms with Crippen LogP contribution in [0.2, 0.25) is 0 Å². The van der Waals surface area contributed by atoms with Crippen molar-refractivity contribution in [3.05, 3.63) is 35.9 Å². The van der Waals surface area contributed by atoms with Crippen molar-refractivity contribution in [1.82, 2.24) is 15.3 Å². The fraction of sp³-hybridized carbons (Fsp3) is 0.450. The van der Waals surface area contributed by atoms with Crippen LogP contribution in [-0.4, -0.2) is 41.9 Å². The lowest BCUT2D eigenvalue weighted by molar-refractivity contribution is 0.396. The van der Waals surface area contributed by atoms with Gasteiger partial charge in [0.25, 0.3) is 0 Å². The second-order valence-electron chi connectivity index (χ2n) is 6.79. The molecular weight excluding hydrogens is 374 g/mol. The summed E-state index contributed by atoms with van der Waals surface area (Å²) >= 11 is 5.40. The van der Waals surface area contributed by atoms with Gasteiger partial charge in [-0.25, -0.2) is 0 Å². The zero-order valence-corrected chi connectivity index (χ0v) is 17.4. The van der Waals surface area contributed by atoms with Crippen LogP contribution in [0.1, 0.15) is 31.7 Å². The summed E-state index contributed by atoms with van der Waals surface area (Å²) in [6, 6.07) is 10.1. The quantitative estimate of drug-likeness (QED) is 0.714. The Morgan fingerprint density at radius 3 is 2.64 bits per heavy atom. The molecule has 8 heteroatoms. The molecule has 0 saturated carbocycles. The number of thiocarbonyl (C=S) groups is 1. The van der Waals surface area contributed by atoms with Crippen molar-refractivity contribution in [3.63, 3.8) is 0 Å². The van der Waals surface area contributed by atoms with E-state index < -0.39 is 0 Å². The Kier molecular flexibility index (Phi) is 6.86. The highest BCUT2D eigenvalue weighted by Gasteiger charge is 2.21. The van der Waals surface area contributed by atoms with Gasteiger partial charge >= 0.3 is 0 Å². The predicted octanol–water partition coefficient (Wildman–Crippen LogP) is 3.36. The van der Waals surface area contributed by atoms with Crippen LogP contribution in [-0.2, 0) is 6.54 Å². The van der Waals surface area contributed by atoms with Crippen molar-refractivity contribution in [2.45, 2.75) is 38.8 Å². The summed E-state index contributed by atoms with van der Waals surface area (Å²) in [5, 5.41) is 6.71. The van der Waals surface area contributed by atoms with Crippen molar-refractivity contribution in [3.8, 4) is 11.6 Å². The molecule has 2 N–H and O–H groups in total. The van der Waals surface area contributed by atoms with E-state index in [1.165, 1.54) is 12.8 Å². The Morgan fingerprint density at radius 1 is 1.18 bits per heavy atom. The van der Waals surface area contributed by atoms with Crippen molar-refractivity contribution in [2.24, 2.45) is 0 Å². The molecule has 0 radical (unpaired) electrons. The second kappa shape index (κ2) is 9.54. The van der Waals surface area contributed by atoms with E-state index in [2.05, 4.69) is 32.4 Å². The van der Waals surface area contributed by atoms with Gasteiger partial charge < -0.3 is 25.0 Å². The van der Waals surface area contributed by atoms with Gasteiger partial charge in [0.15, 0.2) is 5.11 Å². The lowest BCUT2D eigenvalue weighted by Gasteiger charge is -2.34. The summed E-state index contributed by atoms with van der Waals surface area (Å²) in [4.78, 5) is 11.3. The lowest BCUT2D eigenvalue weighted by atomic mass is 10.0. The Balaban J connectivity index is 1.64. The number of benzene rings is 1. The average Bonchev–Trinajstić information content (AvgIpc) is 2.72. The minimum Gasteiger partial charge on any atom is -0.497 e. The summed E-state index contributed by atoms with van der Waals surface area (Å²) < 4.78 is 10.5. The Labute approximate surface area is 171 Å². The molecule has 1 fully saturated rings. The zero-order valence-electron chi connectivity index (χ0n) is 16.6. The lowest BCUT2D eigenvalue weighted by Crippen LogP contribution is -2.38. The molecule has 0 amide bonds. The van der Waals surface area contributed by atoms with Crippen molar-refractivity contribution in [1.29, 1.82) is 0 Å². The van der Waals surface area contributed by atoms with Gasteiger partial charge in [0.2, 0.25) is 11.8 Å². The van der Waals surface area contributed by atoms with Gasteiger partial charge in [0, 0.05) is 25.2 Å². The molecule has 150 valence electrons. The number of hydrogen-bond donors (Lipinski definition) is 2. The third-order valence-corrected chi connectivity index (χ3v) is 5.08.